The molecular weight excluding hydrogens is 1000 g/mol. The van der Waals surface area contributed by atoms with E-state index in [9.17, 15) is 28.9 Å². The molecule has 0 saturated carbocycles. The second-order valence-corrected chi connectivity index (χ2v) is 22.3. The average molecular weight is 1120 g/mol. The van der Waals surface area contributed by atoms with Crippen LogP contribution in [0.1, 0.15) is 278 Å². The number of aliphatic hydroxyl groups excluding tert-OH is 1. The maximum atomic E-state index is 12.9. The monoisotopic (exact) mass is 1110 g/mol. The van der Waals surface area contributed by atoms with Gasteiger partial charge in [-0.2, -0.15) is 0 Å². The van der Waals surface area contributed by atoms with Gasteiger partial charge in [-0.1, -0.05) is 260 Å². The van der Waals surface area contributed by atoms with Crippen LogP contribution in [0.2, 0.25) is 0 Å². The molecule has 0 radical (unpaired) electrons. The van der Waals surface area contributed by atoms with Crippen LogP contribution in [0.3, 0.4) is 0 Å². The third-order valence-electron chi connectivity index (χ3n) is 13.3. The van der Waals surface area contributed by atoms with Gasteiger partial charge in [0.2, 0.25) is 0 Å². The maximum absolute atomic E-state index is 12.9. The zero-order valence-corrected chi connectivity index (χ0v) is 50.8. The number of unbranched alkanes of at least 4 members (excludes halogenated alkanes) is 27. The van der Waals surface area contributed by atoms with Gasteiger partial charge in [0.25, 0.3) is 0 Å². The van der Waals surface area contributed by atoms with E-state index in [1.807, 2.05) is 12.2 Å². The highest BCUT2D eigenvalue weighted by atomic mass is 31.2. The van der Waals surface area contributed by atoms with Gasteiger partial charge in [-0.25, -0.2) is 4.57 Å². The topological polar surface area (TPSA) is 155 Å². The van der Waals surface area contributed by atoms with Crippen LogP contribution in [0.15, 0.2) is 85.1 Å². The molecule has 3 atom stereocenters. The van der Waals surface area contributed by atoms with Crippen LogP contribution in [0, 0.1) is 0 Å². The smallest absolute Gasteiger partial charge is 0.462 e. The number of carbonyl (C=O) groups is 3. The predicted octanol–water partition coefficient (Wildman–Crippen LogP) is 19.0. The van der Waals surface area contributed by atoms with Crippen LogP contribution in [0.4, 0.5) is 0 Å². The Kier molecular flexibility index (Phi) is 57.2. The minimum Gasteiger partial charge on any atom is -0.462 e. The van der Waals surface area contributed by atoms with Gasteiger partial charge in [0, 0.05) is 19.3 Å². The predicted molar refractivity (Wildman–Crippen MR) is 325 cm³/mol. The summed E-state index contributed by atoms with van der Waals surface area (Å²) in [5.74, 6) is -1.56. The van der Waals surface area contributed by atoms with E-state index in [0.29, 0.717) is 19.3 Å². The van der Waals surface area contributed by atoms with E-state index in [2.05, 4.69) is 93.7 Å². The van der Waals surface area contributed by atoms with Gasteiger partial charge in [0.15, 0.2) is 6.10 Å². The number of carbonyl (C=O) groups excluding carboxylic acids is 3. The molecule has 0 saturated heterocycles. The van der Waals surface area contributed by atoms with Crippen molar-refractivity contribution in [2.45, 2.75) is 290 Å². The number of allylic oxidation sites excluding steroid dienone is 14. The Labute approximate surface area is 477 Å². The first-order valence-corrected chi connectivity index (χ1v) is 33.0. The van der Waals surface area contributed by atoms with Crippen molar-refractivity contribution in [2.24, 2.45) is 0 Å². The lowest BCUT2D eigenvalue weighted by Crippen LogP contribution is -2.30. The molecule has 0 aromatic heterocycles. The normalized spacial score (nSPS) is 13.9. The van der Waals surface area contributed by atoms with Gasteiger partial charge in [-0.3, -0.25) is 23.4 Å². The summed E-state index contributed by atoms with van der Waals surface area (Å²) >= 11 is 0. The number of aliphatic hydroxyl groups is 1. The Balaban J connectivity index is 4.80. The summed E-state index contributed by atoms with van der Waals surface area (Å²) in [6, 6.07) is 0. The molecule has 78 heavy (non-hydrogen) atoms. The van der Waals surface area contributed by atoms with E-state index < -0.39 is 57.8 Å². The summed E-state index contributed by atoms with van der Waals surface area (Å²) in [6.07, 6.45) is 69.8. The number of ether oxygens (including phenoxy) is 3. The van der Waals surface area contributed by atoms with E-state index in [1.54, 1.807) is 0 Å². The molecule has 0 aliphatic rings. The molecule has 0 aliphatic heterocycles. The number of hydrogen-bond donors (Lipinski definition) is 2. The number of esters is 3. The average Bonchev–Trinajstić information content (AvgIpc) is 3.43. The fourth-order valence-corrected chi connectivity index (χ4v) is 9.34. The van der Waals surface area contributed by atoms with E-state index >= 15 is 0 Å². The number of rotatable bonds is 58. The van der Waals surface area contributed by atoms with Crippen molar-refractivity contribution in [3.63, 3.8) is 0 Å². The third kappa shape index (κ3) is 57.3. The highest BCUT2D eigenvalue weighted by Gasteiger charge is 2.28. The summed E-state index contributed by atoms with van der Waals surface area (Å²) in [5.41, 5.74) is 0. The maximum Gasteiger partial charge on any atom is 0.472 e. The van der Waals surface area contributed by atoms with E-state index in [-0.39, 0.29) is 25.9 Å². The Morgan fingerprint density at radius 1 is 0.372 bits per heavy atom. The molecule has 2 N–H and O–H groups in total. The van der Waals surface area contributed by atoms with Crippen LogP contribution < -0.4 is 0 Å². The number of phosphoric ester groups is 1. The van der Waals surface area contributed by atoms with Crippen LogP contribution >= 0.6 is 7.82 Å². The van der Waals surface area contributed by atoms with Crippen LogP contribution in [-0.4, -0.2) is 66.5 Å². The Hall–Kier alpha value is -3.34. The quantitative estimate of drug-likeness (QED) is 0.0197. The largest absolute Gasteiger partial charge is 0.472 e. The van der Waals surface area contributed by atoms with Crippen LogP contribution in [-0.2, 0) is 42.2 Å². The van der Waals surface area contributed by atoms with Gasteiger partial charge in [-0.15, -0.1) is 0 Å². The lowest BCUT2D eigenvalue weighted by atomic mass is 10.0. The summed E-state index contributed by atoms with van der Waals surface area (Å²) < 4.78 is 39.6. The van der Waals surface area contributed by atoms with Crippen molar-refractivity contribution in [1.82, 2.24) is 0 Å². The van der Waals surface area contributed by atoms with Crippen molar-refractivity contribution < 1.29 is 52.2 Å². The van der Waals surface area contributed by atoms with Crippen molar-refractivity contribution in [3.05, 3.63) is 85.1 Å². The van der Waals surface area contributed by atoms with Gasteiger partial charge in [0.1, 0.15) is 12.7 Å². The molecule has 0 aromatic rings. The molecule has 0 fully saturated rings. The first-order valence-electron chi connectivity index (χ1n) is 31.5. The van der Waals surface area contributed by atoms with Crippen LogP contribution in [0.5, 0.6) is 0 Å². The van der Waals surface area contributed by atoms with Gasteiger partial charge < -0.3 is 24.2 Å². The van der Waals surface area contributed by atoms with E-state index in [0.717, 1.165) is 96.3 Å². The van der Waals surface area contributed by atoms with Crippen molar-refractivity contribution >= 4 is 25.7 Å². The molecular formula is C66H115O11P. The second-order valence-electron chi connectivity index (χ2n) is 20.8. The molecule has 3 unspecified atom stereocenters. The summed E-state index contributed by atoms with van der Waals surface area (Å²) in [5, 5.41) is 9.84. The number of phosphoric acid groups is 1. The fourth-order valence-electron chi connectivity index (χ4n) is 8.55. The lowest BCUT2D eigenvalue weighted by molar-refractivity contribution is -0.161. The fraction of sp³-hybridized carbons (Fsp3) is 0.742. The second kappa shape index (κ2) is 59.8. The molecule has 0 bridgehead atoms. The Bertz CT molecular complexity index is 1630. The van der Waals surface area contributed by atoms with E-state index in [1.165, 1.54) is 122 Å². The first kappa shape index (κ1) is 74.7. The molecule has 0 aliphatic carbocycles. The Morgan fingerprint density at radius 2 is 0.692 bits per heavy atom. The summed E-state index contributed by atoms with van der Waals surface area (Å²) in [4.78, 5) is 48.7. The minimum atomic E-state index is -4.77. The van der Waals surface area contributed by atoms with Gasteiger partial charge in [-0.05, 0) is 83.5 Å². The molecule has 0 aromatic carbocycles. The lowest BCUT2D eigenvalue weighted by Gasteiger charge is -2.21. The Morgan fingerprint density at radius 3 is 1.08 bits per heavy atom. The molecule has 0 amide bonds. The first-order chi connectivity index (χ1) is 38.2. The van der Waals surface area contributed by atoms with Crippen LogP contribution in [0.25, 0.3) is 0 Å². The molecule has 0 rings (SSSR count). The molecule has 450 valence electrons. The highest BCUT2D eigenvalue weighted by Crippen LogP contribution is 2.43. The number of hydrogen-bond acceptors (Lipinski definition) is 10. The van der Waals surface area contributed by atoms with Crippen molar-refractivity contribution in [1.29, 1.82) is 0 Å². The SMILES string of the molecule is CC/C=C\C/C=C\C/C=C\C/C=C\C/C=C\C/C=C\CCC(=O)OCC(COP(=O)(O)OCC(CO)OC(=O)CCCCCCC/C=C\CCCCCCCC)OC(=O)CCCCCCCCCCCCCCCCCCC. The van der Waals surface area contributed by atoms with Crippen molar-refractivity contribution in [2.75, 3.05) is 26.4 Å². The van der Waals surface area contributed by atoms with E-state index in [4.69, 9.17) is 23.3 Å². The third-order valence-corrected chi connectivity index (χ3v) is 14.3. The zero-order valence-electron chi connectivity index (χ0n) is 49.9. The summed E-state index contributed by atoms with van der Waals surface area (Å²) in [7, 11) is -4.77. The van der Waals surface area contributed by atoms with Gasteiger partial charge in [0.05, 0.1) is 19.8 Å². The van der Waals surface area contributed by atoms with Gasteiger partial charge >= 0.3 is 25.7 Å². The zero-order chi connectivity index (χ0) is 56.9. The standard InChI is InChI=1S/C66H115O11P/c1-4-7-10-13-16-19-22-25-28-30-31-33-35-37-40-43-46-49-52-55-64(68)73-59-63(77-66(70)57-54-51-48-45-42-39-36-32-29-26-23-20-17-14-11-8-5-2)61-75-78(71,72)74-60-62(58-67)76-65(69)56-53-50-47-44-41-38-34-27-24-21-18-15-12-9-6-3/h7,10,16,19,25,27-28,31,33-34,37,40,46,49,62-63,67H,4-6,8-9,11-15,17-18,20-24,26,29-30,32,35-36,38-39,41-45,47-48,50-61H2,1-3H3,(H,71,72)/b10-7-,19-16-,28-25-,33-31-,34-27-,40-37-,49-46-. The summed E-state index contributed by atoms with van der Waals surface area (Å²) in [6.45, 7) is 4.47. The molecule has 0 heterocycles. The molecule has 11 nitrogen and oxygen atoms in total. The molecule has 0 spiro atoms. The van der Waals surface area contributed by atoms with Crippen molar-refractivity contribution in [3.8, 4) is 0 Å². The highest BCUT2D eigenvalue weighted by molar-refractivity contribution is 7.47. The minimum absolute atomic E-state index is 0.100. The molecule has 12 heteroatoms.